The SMILES string of the molecule is CCC[C@H](NC(=O)CN(C[C@@]12CC(=NO1)c1cc(Cl)ccc12)C(=O)[C@@H](NC(=O)OCc1ccncc1)C(C)(C)C)C(=O)C(=O)NC1CC1. The van der Waals surface area contributed by atoms with Crippen molar-refractivity contribution in [2.75, 3.05) is 13.1 Å². The van der Waals surface area contributed by atoms with Gasteiger partial charge in [0.2, 0.25) is 17.6 Å². The number of carbonyl (C=O) groups is 5. The zero-order valence-corrected chi connectivity index (χ0v) is 28.3. The van der Waals surface area contributed by atoms with E-state index in [2.05, 4.69) is 26.1 Å². The first-order valence-corrected chi connectivity index (χ1v) is 16.5. The number of fused-ring (bicyclic) bond motifs is 5. The van der Waals surface area contributed by atoms with Gasteiger partial charge in [-0.3, -0.25) is 24.2 Å². The van der Waals surface area contributed by atoms with E-state index in [1.54, 1.807) is 57.4 Å². The fourth-order valence-corrected chi connectivity index (χ4v) is 6.01. The summed E-state index contributed by atoms with van der Waals surface area (Å²) in [6.45, 7) is 6.56. The van der Waals surface area contributed by atoms with Crippen molar-refractivity contribution >= 4 is 46.9 Å². The van der Waals surface area contributed by atoms with Gasteiger partial charge in [0, 0.05) is 41.0 Å². The van der Waals surface area contributed by atoms with Gasteiger partial charge in [0.25, 0.3) is 5.91 Å². The number of oxime groups is 1. The molecule has 2 heterocycles. The summed E-state index contributed by atoms with van der Waals surface area (Å²) in [5.74, 6) is -2.70. The first kappa shape index (κ1) is 34.8. The number of halogens is 1. The Labute approximate surface area is 284 Å². The van der Waals surface area contributed by atoms with E-state index in [4.69, 9.17) is 21.2 Å². The van der Waals surface area contributed by atoms with Crippen LogP contribution in [0.25, 0.3) is 0 Å². The van der Waals surface area contributed by atoms with Crippen molar-refractivity contribution in [3.05, 3.63) is 64.4 Å². The molecular weight excluding hydrogens is 640 g/mol. The third kappa shape index (κ3) is 8.12. The number of Topliss-reactive ketones (excluding diaryl/α,β-unsaturated/α-hetero) is 1. The molecule has 3 N–H and O–H groups in total. The van der Waals surface area contributed by atoms with Crippen LogP contribution in [0.1, 0.15) is 76.5 Å². The van der Waals surface area contributed by atoms with Crippen LogP contribution in [0, 0.1) is 5.41 Å². The molecule has 2 aromatic rings. The lowest BCUT2D eigenvalue weighted by molar-refractivity contribution is -0.146. The maximum atomic E-state index is 14.5. The number of nitrogens with one attached hydrogen (secondary N) is 3. The number of alkyl carbamates (subject to hydrolysis) is 1. The maximum Gasteiger partial charge on any atom is 0.408 e. The third-order valence-electron chi connectivity index (χ3n) is 8.52. The predicted molar refractivity (Wildman–Crippen MR) is 176 cm³/mol. The van der Waals surface area contributed by atoms with Crippen LogP contribution in [-0.2, 0) is 41.0 Å². The van der Waals surface area contributed by atoms with Crippen molar-refractivity contribution in [1.29, 1.82) is 0 Å². The van der Waals surface area contributed by atoms with Gasteiger partial charge in [-0.15, -0.1) is 0 Å². The van der Waals surface area contributed by atoms with Crippen molar-refractivity contribution < 1.29 is 33.5 Å². The topological polar surface area (TPSA) is 168 Å². The highest BCUT2D eigenvalue weighted by Crippen LogP contribution is 2.46. The molecule has 256 valence electrons. The Hall–Kier alpha value is -4.52. The molecule has 14 heteroatoms. The van der Waals surface area contributed by atoms with E-state index in [1.807, 2.05) is 13.0 Å². The lowest BCUT2D eigenvalue weighted by Gasteiger charge is -2.38. The smallest absolute Gasteiger partial charge is 0.408 e. The van der Waals surface area contributed by atoms with Crippen molar-refractivity contribution in [2.24, 2.45) is 10.6 Å². The molecule has 1 saturated carbocycles. The number of carbonyl (C=O) groups excluding carboxylic acids is 5. The Bertz CT molecular complexity index is 1610. The number of hydrogen-bond acceptors (Lipinski definition) is 9. The second kappa shape index (κ2) is 14.3. The number of ketones is 1. The Morgan fingerprint density at radius 3 is 2.50 bits per heavy atom. The molecule has 5 rings (SSSR count). The lowest BCUT2D eigenvalue weighted by atomic mass is 9.85. The minimum Gasteiger partial charge on any atom is -0.445 e. The first-order valence-electron chi connectivity index (χ1n) is 16.1. The Morgan fingerprint density at radius 1 is 1.10 bits per heavy atom. The van der Waals surface area contributed by atoms with Gasteiger partial charge in [0.15, 0.2) is 5.60 Å². The highest BCUT2D eigenvalue weighted by molar-refractivity contribution is 6.38. The second-order valence-corrected chi connectivity index (χ2v) is 14.0. The standard InChI is InChI=1S/C34H41ClN6O7/c1-5-6-25(28(43)30(44)37-22-8-9-22)38-27(42)17-41(19-34-16-26(40-48-34)23-15-21(35)7-10-24(23)34)31(45)29(33(2,3)4)39-32(46)47-18-20-11-13-36-14-12-20/h7,10-15,22,25,29H,5-6,8-9,16-19H2,1-4H3,(H,37,44)(H,38,42)(H,39,46)/t25-,29+,34+/m0/s1. The average molecular weight is 681 g/mol. The van der Waals surface area contributed by atoms with Gasteiger partial charge in [-0.1, -0.05) is 56.9 Å². The zero-order valence-electron chi connectivity index (χ0n) is 27.5. The van der Waals surface area contributed by atoms with Crippen molar-refractivity contribution in [3.63, 3.8) is 0 Å². The van der Waals surface area contributed by atoms with Crippen LogP contribution in [0.4, 0.5) is 4.79 Å². The highest BCUT2D eigenvalue weighted by atomic mass is 35.5. The monoisotopic (exact) mass is 680 g/mol. The van der Waals surface area contributed by atoms with E-state index >= 15 is 0 Å². The normalized spacial score (nSPS) is 18.8. The lowest BCUT2D eigenvalue weighted by Crippen LogP contribution is -2.59. The number of nitrogens with zero attached hydrogens (tertiary/aromatic N) is 3. The van der Waals surface area contributed by atoms with Crippen LogP contribution in [0.5, 0.6) is 0 Å². The molecule has 13 nitrogen and oxygen atoms in total. The Balaban J connectivity index is 1.38. The third-order valence-corrected chi connectivity index (χ3v) is 8.75. The quantitative estimate of drug-likeness (QED) is 0.255. The molecule has 1 aliphatic heterocycles. The number of benzene rings is 1. The summed E-state index contributed by atoms with van der Waals surface area (Å²) in [5.41, 5.74) is 1.03. The second-order valence-electron chi connectivity index (χ2n) is 13.6. The molecule has 3 aliphatic rings. The van der Waals surface area contributed by atoms with Crippen LogP contribution in [0.3, 0.4) is 0 Å². The Morgan fingerprint density at radius 2 is 1.83 bits per heavy atom. The molecule has 1 aromatic heterocycles. The van der Waals surface area contributed by atoms with Gasteiger partial charge in [-0.2, -0.15) is 0 Å². The molecule has 3 atom stereocenters. The van der Waals surface area contributed by atoms with Gasteiger partial charge in [-0.05, 0) is 54.5 Å². The molecule has 2 bridgehead atoms. The molecular formula is C34H41ClN6O7. The van der Waals surface area contributed by atoms with Crippen LogP contribution < -0.4 is 16.0 Å². The summed E-state index contributed by atoms with van der Waals surface area (Å²) in [6.07, 6.45) is 5.07. The summed E-state index contributed by atoms with van der Waals surface area (Å²) in [6, 6.07) is 6.51. The molecule has 1 aromatic carbocycles. The number of rotatable bonds is 14. The first-order chi connectivity index (χ1) is 22.8. The molecule has 0 saturated heterocycles. The van der Waals surface area contributed by atoms with Crippen molar-refractivity contribution in [3.8, 4) is 0 Å². The van der Waals surface area contributed by atoms with Gasteiger partial charge in [0.05, 0.1) is 24.8 Å². The van der Waals surface area contributed by atoms with Crippen LogP contribution >= 0.6 is 11.6 Å². The summed E-state index contributed by atoms with van der Waals surface area (Å²) in [5, 5.41) is 12.8. The zero-order chi connectivity index (χ0) is 34.6. The van der Waals surface area contributed by atoms with Crippen LogP contribution in [0.15, 0.2) is 47.9 Å². The number of pyridine rings is 1. The predicted octanol–water partition coefficient (Wildman–Crippen LogP) is 3.37. The van der Waals surface area contributed by atoms with E-state index in [9.17, 15) is 24.0 Å². The van der Waals surface area contributed by atoms with Crippen LogP contribution in [0.2, 0.25) is 5.02 Å². The molecule has 4 amide bonds. The number of amides is 4. The summed E-state index contributed by atoms with van der Waals surface area (Å²) < 4.78 is 5.40. The summed E-state index contributed by atoms with van der Waals surface area (Å²) in [4.78, 5) is 77.8. The summed E-state index contributed by atoms with van der Waals surface area (Å²) >= 11 is 6.26. The molecule has 48 heavy (non-hydrogen) atoms. The van der Waals surface area contributed by atoms with E-state index in [1.165, 1.54) is 4.90 Å². The number of hydrogen-bond donors (Lipinski definition) is 3. The Kier molecular flexibility index (Phi) is 10.4. The fourth-order valence-electron chi connectivity index (χ4n) is 5.84. The van der Waals surface area contributed by atoms with Crippen LogP contribution in [-0.4, -0.2) is 76.4 Å². The van der Waals surface area contributed by atoms with E-state index in [0.29, 0.717) is 29.1 Å². The maximum absolute atomic E-state index is 14.5. The van der Waals surface area contributed by atoms with Gasteiger partial charge >= 0.3 is 6.09 Å². The average Bonchev–Trinajstić information content (AvgIpc) is 3.68. The number of ether oxygens (including phenoxy) is 1. The molecule has 0 radical (unpaired) electrons. The molecule has 2 aliphatic carbocycles. The van der Waals surface area contributed by atoms with Gasteiger partial charge in [-0.25, -0.2) is 4.79 Å². The minimum atomic E-state index is -1.13. The summed E-state index contributed by atoms with van der Waals surface area (Å²) in [7, 11) is 0. The van der Waals surface area contributed by atoms with Crippen molar-refractivity contribution in [2.45, 2.75) is 90.1 Å². The van der Waals surface area contributed by atoms with E-state index < -0.39 is 59.2 Å². The molecule has 0 spiro atoms. The van der Waals surface area contributed by atoms with Gasteiger partial charge < -0.3 is 30.4 Å². The van der Waals surface area contributed by atoms with E-state index in [-0.39, 0.29) is 25.6 Å². The number of aromatic nitrogens is 1. The molecule has 1 fully saturated rings. The fraction of sp³-hybridized carbons (Fsp3) is 0.500. The minimum absolute atomic E-state index is 0.0206. The van der Waals surface area contributed by atoms with E-state index in [0.717, 1.165) is 24.0 Å². The highest BCUT2D eigenvalue weighted by Gasteiger charge is 2.52. The van der Waals surface area contributed by atoms with Crippen molar-refractivity contribution in [1.82, 2.24) is 25.8 Å². The van der Waals surface area contributed by atoms with Gasteiger partial charge in [0.1, 0.15) is 12.6 Å². The molecule has 0 unspecified atom stereocenters. The largest absolute Gasteiger partial charge is 0.445 e.